The van der Waals surface area contributed by atoms with E-state index in [9.17, 15) is 4.79 Å². The summed E-state index contributed by atoms with van der Waals surface area (Å²) < 4.78 is 5.16. The lowest BCUT2D eigenvalue weighted by atomic mass is 9.90. The highest BCUT2D eigenvalue weighted by molar-refractivity contribution is 6.31. The summed E-state index contributed by atoms with van der Waals surface area (Å²) in [5.41, 5.74) is 4.05. The van der Waals surface area contributed by atoms with Gasteiger partial charge in [0.15, 0.2) is 0 Å². The Kier molecular flexibility index (Phi) is 5.01. The van der Waals surface area contributed by atoms with Gasteiger partial charge in [-0.05, 0) is 49.8 Å². The van der Waals surface area contributed by atoms with Crippen LogP contribution in [0, 0.1) is 5.92 Å². The average molecular weight is 295 g/mol. The summed E-state index contributed by atoms with van der Waals surface area (Å²) >= 11 is 5.91. The molecule has 5 heteroatoms. The summed E-state index contributed by atoms with van der Waals surface area (Å²) in [4.78, 5) is 12.1. The van der Waals surface area contributed by atoms with Crippen LogP contribution in [0.4, 0.5) is 0 Å². The number of rotatable bonds is 3. The van der Waals surface area contributed by atoms with Gasteiger partial charge in [-0.15, -0.1) is 0 Å². The van der Waals surface area contributed by atoms with Gasteiger partial charge in [-0.3, -0.25) is 4.79 Å². The largest absolute Gasteiger partial charge is 0.496 e. The summed E-state index contributed by atoms with van der Waals surface area (Å²) in [6.07, 6.45) is 4.17. The number of nitrogens with one attached hydrogen (secondary N) is 1. The second kappa shape index (κ2) is 6.75. The van der Waals surface area contributed by atoms with Crippen LogP contribution in [-0.2, 0) is 0 Å². The van der Waals surface area contributed by atoms with Crippen molar-refractivity contribution >= 4 is 23.2 Å². The zero-order chi connectivity index (χ0) is 14.5. The summed E-state index contributed by atoms with van der Waals surface area (Å²) in [5.74, 6) is 0.942. The second-order valence-electron chi connectivity index (χ2n) is 5.15. The molecule has 0 saturated heterocycles. The predicted octanol–water partition coefficient (Wildman–Crippen LogP) is 3.64. The Bertz CT molecular complexity index is 519. The third kappa shape index (κ3) is 3.73. The van der Waals surface area contributed by atoms with Gasteiger partial charge in [-0.2, -0.15) is 5.10 Å². The zero-order valence-corrected chi connectivity index (χ0v) is 12.5. The number of hydrazone groups is 1. The number of methoxy groups -OCH3 is 1. The smallest absolute Gasteiger partial charge is 0.275 e. The molecule has 1 aromatic rings. The Balaban J connectivity index is 2.05. The zero-order valence-electron chi connectivity index (χ0n) is 11.8. The van der Waals surface area contributed by atoms with Gasteiger partial charge in [0.25, 0.3) is 5.91 Å². The Hall–Kier alpha value is -1.55. The van der Waals surface area contributed by atoms with Gasteiger partial charge in [0, 0.05) is 10.7 Å². The van der Waals surface area contributed by atoms with Crippen LogP contribution in [0.3, 0.4) is 0 Å². The lowest BCUT2D eigenvalue weighted by molar-refractivity contribution is 0.0951. The number of halogens is 1. The Morgan fingerprint density at radius 2 is 2.10 bits per heavy atom. The highest BCUT2D eigenvalue weighted by Crippen LogP contribution is 2.23. The molecule has 1 fully saturated rings. The van der Waals surface area contributed by atoms with E-state index in [1.807, 2.05) is 0 Å². The van der Waals surface area contributed by atoms with Gasteiger partial charge in [0.1, 0.15) is 5.75 Å². The monoisotopic (exact) mass is 294 g/mol. The Labute approximate surface area is 124 Å². The first-order valence-electron chi connectivity index (χ1n) is 6.79. The third-order valence-corrected chi connectivity index (χ3v) is 3.81. The molecule has 1 amide bonds. The van der Waals surface area contributed by atoms with E-state index in [1.54, 1.807) is 18.2 Å². The molecule has 0 bridgehead atoms. The molecule has 1 saturated carbocycles. The van der Waals surface area contributed by atoms with E-state index in [1.165, 1.54) is 7.11 Å². The molecule has 0 atom stereocenters. The molecule has 1 aliphatic carbocycles. The minimum absolute atomic E-state index is 0.296. The van der Waals surface area contributed by atoms with Gasteiger partial charge in [0.05, 0.1) is 12.7 Å². The van der Waals surface area contributed by atoms with Crippen LogP contribution in [0.2, 0.25) is 5.02 Å². The van der Waals surface area contributed by atoms with Crippen molar-refractivity contribution < 1.29 is 9.53 Å². The second-order valence-corrected chi connectivity index (χ2v) is 5.58. The fourth-order valence-corrected chi connectivity index (χ4v) is 2.43. The fraction of sp³-hybridized carbons (Fsp3) is 0.467. The molecule has 0 unspecified atom stereocenters. The van der Waals surface area contributed by atoms with Crippen molar-refractivity contribution in [2.45, 2.75) is 32.6 Å². The predicted molar refractivity (Wildman–Crippen MR) is 80.5 cm³/mol. The van der Waals surface area contributed by atoms with Crippen molar-refractivity contribution in [1.29, 1.82) is 0 Å². The van der Waals surface area contributed by atoms with Gasteiger partial charge < -0.3 is 4.74 Å². The minimum atomic E-state index is -0.296. The van der Waals surface area contributed by atoms with Gasteiger partial charge in [0.2, 0.25) is 0 Å². The number of carbonyl (C=O) groups excluding carboxylic acids is 1. The summed E-state index contributed by atoms with van der Waals surface area (Å²) in [6, 6.07) is 4.94. The molecule has 0 heterocycles. The summed E-state index contributed by atoms with van der Waals surface area (Å²) in [6.45, 7) is 2.24. The summed E-state index contributed by atoms with van der Waals surface area (Å²) in [5, 5.41) is 4.71. The maximum absolute atomic E-state index is 12.1. The first kappa shape index (κ1) is 14.9. The lowest BCUT2D eigenvalue weighted by Crippen LogP contribution is -2.22. The maximum Gasteiger partial charge on any atom is 0.275 e. The van der Waals surface area contributed by atoms with Gasteiger partial charge in [-0.25, -0.2) is 5.43 Å². The Morgan fingerprint density at radius 1 is 1.40 bits per heavy atom. The van der Waals surface area contributed by atoms with Gasteiger partial charge in [-0.1, -0.05) is 18.5 Å². The molecular weight excluding hydrogens is 276 g/mol. The van der Waals surface area contributed by atoms with E-state index in [-0.39, 0.29) is 5.91 Å². The van der Waals surface area contributed by atoms with E-state index in [2.05, 4.69) is 17.5 Å². The molecule has 2 rings (SSSR count). The molecule has 108 valence electrons. The van der Waals surface area contributed by atoms with Crippen molar-refractivity contribution in [3.05, 3.63) is 28.8 Å². The molecule has 0 radical (unpaired) electrons. The van der Waals surface area contributed by atoms with E-state index in [0.29, 0.717) is 16.3 Å². The van der Waals surface area contributed by atoms with Crippen LogP contribution >= 0.6 is 11.6 Å². The molecule has 20 heavy (non-hydrogen) atoms. The molecule has 0 aromatic heterocycles. The van der Waals surface area contributed by atoms with Crippen LogP contribution in [-0.4, -0.2) is 18.7 Å². The van der Waals surface area contributed by atoms with Crippen LogP contribution in [0.15, 0.2) is 23.3 Å². The number of hydrogen-bond acceptors (Lipinski definition) is 3. The first-order valence-corrected chi connectivity index (χ1v) is 7.17. The highest BCUT2D eigenvalue weighted by atomic mass is 35.5. The van der Waals surface area contributed by atoms with E-state index < -0.39 is 0 Å². The minimum Gasteiger partial charge on any atom is -0.496 e. The van der Waals surface area contributed by atoms with E-state index in [4.69, 9.17) is 16.3 Å². The first-order chi connectivity index (χ1) is 9.60. The molecule has 1 N–H and O–H groups in total. The number of amides is 1. The van der Waals surface area contributed by atoms with Crippen molar-refractivity contribution in [3.8, 4) is 5.75 Å². The van der Waals surface area contributed by atoms with Crippen LogP contribution < -0.4 is 10.2 Å². The number of benzene rings is 1. The molecule has 4 nitrogen and oxygen atoms in total. The topological polar surface area (TPSA) is 50.7 Å². The molecule has 1 aromatic carbocycles. The van der Waals surface area contributed by atoms with Crippen molar-refractivity contribution in [1.82, 2.24) is 5.43 Å². The standard InChI is InChI=1S/C15H19ClN2O2/c1-10-3-6-12(7-4-10)17-18-15(19)13-9-11(16)5-8-14(13)20-2/h5,8-10H,3-4,6-7H2,1-2H3,(H,18,19). The lowest BCUT2D eigenvalue weighted by Gasteiger charge is -2.18. The molecular formula is C15H19ClN2O2. The molecule has 0 aliphatic heterocycles. The van der Waals surface area contributed by atoms with Crippen molar-refractivity contribution in [3.63, 3.8) is 0 Å². The van der Waals surface area contributed by atoms with Crippen LogP contribution in [0.25, 0.3) is 0 Å². The normalized spacial score (nSPS) is 18.6. The quantitative estimate of drug-likeness (QED) is 0.865. The number of ether oxygens (including phenoxy) is 1. The highest BCUT2D eigenvalue weighted by Gasteiger charge is 2.15. The van der Waals surface area contributed by atoms with Crippen LogP contribution in [0.5, 0.6) is 5.75 Å². The molecule has 0 spiro atoms. The van der Waals surface area contributed by atoms with Crippen LogP contribution in [0.1, 0.15) is 43.0 Å². The van der Waals surface area contributed by atoms with Crippen molar-refractivity contribution in [2.24, 2.45) is 11.0 Å². The van der Waals surface area contributed by atoms with Crippen molar-refractivity contribution in [2.75, 3.05) is 7.11 Å². The summed E-state index contributed by atoms with van der Waals surface area (Å²) in [7, 11) is 1.52. The number of nitrogens with zero attached hydrogens (tertiary/aromatic N) is 1. The SMILES string of the molecule is COc1ccc(Cl)cc1C(=O)NN=C1CCC(C)CC1. The number of hydrogen-bond donors (Lipinski definition) is 1. The third-order valence-electron chi connectivity index (χ3n) is 3.57. The maximum atomic E-state index is 12.1. The Morgan fingerprint density at radius 3 is 2.75 bits per heavy atom. The van der Waals surface area contributed by atoms with E-state index in [0.717, 1.165) is 37.3 Å². The number of carbonyl (C=O) groups is 1. The fourth-order valence-electron chi connectivity index (χ4n) is 2.25. The molecule has 1 aliphatic rings. The van der Waals surface area contributed by atoms with Gasteiger partial charge >= 0.3 is 0 Å². The average Bonchev–Trinajstić information content (AvgIpc) is 2.46. The van der Waals surface area contributed by atoms with E-state index >= 15 is 0 Å².